The summed E-state index contributed by atoms with van der Waals surface area (Å²) in [6.07, 6.45) is 0. The lowest BCUT2D eigenvalue weighted by atomic mass is 10.1. The van der Waals surface area contributed by atoms with Crippen molar-refractivity contribution in [2.45, 2.75) is 13.0 Å². The average Bonchev–Trinajstić information content (AvgIpc) is 2.36. The molecule has 100 valence electrons. The van der Waals surface area contributed by atoms with Gasteiger partial charge >= 0.3 is 0 Å². The second kappa shape index (κ2) is 6.02. The number of halogens is 3. The van der Waals surface area contributed by atoms with E-state index < -0.39 is 0 Å². The van der Waals surface area contributed by atoms with Crippen molar-refractivity contribution >= 4 is 34.8 Å². The van der Waals surface area contributed by atoms with Crippen LogP contribution in [-0.2, 0) is 0 Å². The highest BCUT2D eigenvalue weighted by molar-refractivity contribution is 6.34. The molecule has 0 aliphatic heterocycles. The molecule has 0 aromatic heterocycles. The van der Waals surface area contributed by atoms with E-state index in [0.717, 1.165) is 5.56 Å². The number of hydrogen-bond acceptors (Lipinski definition) is 2. The highest BCUT2D eigenvalue weighted by Crippen LogP contribution is 2.36. The highest BCUT2D eigenvalue weighted by Gasteiger charge is 2.09. The fraction of sp³-hybridized carbons (Fsp3) is 0.143. The number of nitrogens with two attached hydrogens (primary N) is 1. The lowest BCUT2D eigenvalue weighted by molar-refractivity contribution is 0.483. The van der Waals surface area contributed by atoms with Gasteiger partial charge in [0, 0.05) is 17.1 Å². The summed E-state index contributed by atoms with van der Waals surface area (Å²) >= 11 is 18.1. The molecule has 2 rings (SSSR count). The summed E-state index contributed by atoms with van der Waals surface area (Å²) in [6.45, 7) is 1.89. The Kier molecular flexibility index (Phi) is 4.58. The minimum atomic E-state index is -0.0821. The normalized spacial score (nSPS) is 12.3. The zero-order chi connectivity index (χ0) is 14.0. The molecular weight excluding hydrogens is 305 g/mol. The first-order chi connectivity index (χ1) is 8.97. The number of rotatable bonds is 3. The lowest BCUT2D eigenvalue weighted by Crippen LogP contribution is -2.04. The third kappa shape index (κ3) is 3.54. The minimum Gasteiger partial charge on any atom is -0.454 e. The van der Waals surface area contributed by atoms with Gasteiger partial charge in [-0.05, 0) is 36.8 Å². The topological polar surface area (TPSA) is 35.2 Å². The smallest absolute Gasteiger partial charge is 0.147 e. The molecule has 0 fully saturated rings. The summed E-state index contributed by atoms with van der Waals surface area (Å²) in [5.74, 6) is 0.972. The van der Waals surface area contributed by atoms with E-state index in [-0.39, 0.29) is 6.04 Å². The van der Waals surface area contributed by atoms with Crippen molar-refractivity contribution in [1.82, 2.24) is 0 Å². The van der Waals surface area contributed by atoms with Crippen LogP contribution in [0.2, 0.25) is 15.1 Å². The van der Waals surface area contributed by atoms with Gasteiger partial charge in [0.15, 0.2) is 0 Å². The Bertz CT molecular complexity index is 599. The van der Waals surface area contributed by atoms with Crippen molar-refractivity contribution < 1.29 is 4.74 Å². The Balaban J connectivity index is 2.31. The molecule has 1 atom stereocenters. The van der Waals surface area contributed by atoms with Crippen LogP contribution in [0.1, 0.15) is 18.5 Å². The SMILES string of the molecule is CC(N)c1ccc(Oc2cc(Cl)ccc2Cl)c(Cl)c1. The molecular formula is C14H12Cl3NO. The molecule has 5 heteroatoms. The standard InChI is InChI=1S/C14H12Cl3NO/c1-8(18)9-2-5-13(12(17)6-9)19-14-7-10(15)3-4-11(14)16/h2-8H,18H2,1H3. The Morgan fingerprint density at radius 3 is 2.32 bits per heavy atom. The second-order valence-electron chi connectivity index (χ2n) is 4.16. The van der Waals surface area contributed by atoms with Gasteiger partial charge in [-0.25, -0.2) is 0 Å². The molecule has 0 aliphatic rings. The van der Waals surface area contributed by atoms with Gasteiger partial charge in [0.25, 0.3) is 0 Å². The van der Waals surface area contributed by atoms with E-state index >= 15 is 0 Å². The Morgan fingerprint density at radius 2 is 1.68 bits per heavy atom. The monoisotopic (exact) mass is 315 g/mol. The van der Waals surface area contributed by atoms with Crippen LogP contribution >= 0.6 is 34.8 Å². The number of benzene rings is 2. The van der Waals surface area contributed by atoms with Crippen molar-refractivity contribution in [1.29, 1.82) is 0 Å². The van der Waals surface area contributed by atoms with E-state index in [1.54, 1.807) is 30.3 Å². The summed E-state index contributed by atoms with van der Waals surface area (Å²) < 4.78 is 5.67. The average molecular weight is 317 g/mol. The zero-order valence-corrected chi connectivity index (χ0v) is 12.4. The maximum atomic E-state index is 6.16. The maximum absolute atomic E-state index is 6.16. The fourth-order valence-corrected chi connectivity index (χ4v) is 2.10. The Hall–Kier alpha value is -0.930. The van der Waals surface area contributed by atoms with Gasteiger partial charge in [0.2, 0.25) is 0 Å². The van der Waals surface area contributed by atoms with Gasteiger partial charge in [-0.2, -0.15) is 0 Å². The predicted molar refractivity (Wildman–Crippen MR) is 80.6 cm³/mol. The van der Waals surface area contributed by atoms with Gasteiger partial charge in [-0.15, -0.1) is 0 Å². The van der Waals surface area contributed by atoms with Crippen LogP contribution in [0.5, 0.6) is 11.5 Å². The third-order valence-corrected chi connectivity index (χ3v) is 3.44. The van der Waals surface area contributed by atoms with Gasteiger partial charge in [0.1, 0.15) is 11.5 Å². The van der Waals surface area contributed by atoms with Crippen LogP contribution in [0.3, 0.4) is 0 Å². The lowest BCUT2D eigenvalue weighted by Gasteiger charge is -2.12. The van der Waals surface area contributed by atoms with E-state index in [1.807, 2.05) is 13.0 Å². The largest absolute Gasteiger partial charge is 0.454 e. The molecule has 0 heterocycles. The molecule has 0 aliphatic carbocycles. The zero-order valence-electron chi connectivity index (χ0n) is 10.2. The summed E-state index contributed by atoms with van der Waals surface area (Å²) in [6, 6.07) is 10.3. The molecule has 0 saturated carbocycles. The molecule has 2 nitrogen and oxygen atoms in total. The van der Waals surface area contributed by atoms with Crippen LogP contribution in [-0.4, -0.2) is 0 Å². The maximum Gasteiger partial charge on any atom is 0.147 e. The van der Waals surface area contributed by atoms with Crippen molar-refractivity contribution in [3.05, 3.63) is 57.0 Å². The number of ether oxygens (including phenoxy) is 1. The van der Waals surface area contributed by atoms with Gasteiger partial charge < -0.3 is 10.5 Å². The molecule has 2 aromatic carbocycles. The molecule has 2 N–H and O–H groups in total. The van der Waals surface area contributed by atoms with Gasteiger partial charge in [0.05, 0.1) is 10.0 Å². The van der Waals surface area contributed by atoms with Crippen LogP contribution in [0.25, 0.3) is 0 Å². The summed E-state index contributed by atoms with van der Waals surface area (Å²) in [5, 5.41) is 1.49. The van der Waals surface area contributed by atoms with Crippen molar-refractivity contribution in [2.75, 3.05) is 0 Å². The molecule has 0 spiro atoms. The van der Waals surface area contributed by atoms with Crippen LogP contribution in [0.15, 0.2) is 36.4 Å². The van der Waals surface area contributed by atoms with Crippen molar-refractivity contribution in [3.63, 3.8) is 0 Å². The Labute approximate surface area is 127 Å². The van der Waals surface area contributed by atoms with Crippen LogP contribution in [0.4, 0.5) is 0 Å². The van der Waals surface area contributed by atoms with Crippen LogP contribution in [0, 0.1) is 0 Å². The summed E-state index contributed by atoms with van der Waals surface area (Å²) in [4.78, 5) is 0. The molecule has 1 unspecified atom stereocenters. The summed E-state index contributed by atoms with van der Waals surface area (Å²) in [7, 11) is 0. The third-order valence-electron chi connectivity index (χ3n) is 2.59. The van der Waals surface area contributed by atoms with Gasteiger partial charge in [-0.1, -0.05) is 40.9 Å². The molecule has 0 radical (unpaired) electrons. The van der Waals surface area contributed by atoms with E-state index in [2.05, 4.69) is 0 Å². The van der Waals surface area contributed by atoms with Crippen LogP contribution < -0.4 is 10.5 Å². The quantitative estimate of drug-likeness (QED) is 0.816. The first-order valence-corrected chi connectivity index (χ1v) is 6.78. The van der Waals surface area contributed by atoms with E-state index in [4.69, 9.17) is 45.3 Å². The van der Waals surface area contributed by atoms with E-state index in [1.165, 1.54) is 0 Å². The molecule has 19 heavy (non-hydrogen) atoms. The first kappa shape index (κ1) is 14.5. The van der Waals surface area contributed by atoms with E-state index in [0.29, 0.717) is 26.6 Å². The molecule has 2 aromatic rings. The minimum absolute atomic E-state index is 0.0821. The van der Waals surface area contributed by atoms with E-state index in [9.17, 15) is 0 Å². The predicted octanol–water partition coefficient (Wildman–Crippen LogP) is 5.46. The second-order valence-corrected chi connectivity index (χ2v) is 5.41. The first-order valence-electron chi connectivity index (χ1n) is 5.65. The van der Waals surface area contributed by atoms with Crippen molar-refractivity contribution in [2.24, 2.45) is 5.73 Å². The van der Waals surface area contributed by atoms with Gasteiger partial charge in [-0.3, -0.25) is 0 Å². The molecule has 0 saturated heterocycles. The number of hydrogen-bond donors (Lipinski definition) is 1. The molecule has 0 bridgehead atoms. The fourth-order valence-electron chi connectivity index (χ4n) is 1.56. The Morgan fingerprint density at radius 1 is 0.947 bits per heavy atom. The highest BCUT2D eigenvalue weighted by atomic mass is 35.5. The summed E-state index contributed by atoms with van der Waals surface area (Å²) in [5.41, 5.74) is 6.73. The van der Waals surface area contributed by atoms with Crippen molar-refractivity contribution in [3.8, 4) is 11.5 Å². The molecule has 0 amide bonds.